The number of nitrogens with one attached hydrogen (secondary N) is 6. The summed E-state index contributed by atoms with van der Waals surface area (Å²) in [5.41, 5.74) is 0. The number of esters is 9. The number of ether oxygens (including phenoxy) is 24. The molecule has 0 radical (unpaired) electrons. The van der Waals surface area contributed by atoms with Gasteiger partial charge in [0.25, 0.3) is 0 Å². The van der Waals surface area contributed by atoms with Crippen molar-refractivity contribution in [2.45, 2.75) is 328 Å². The van der Waals surface area contributed by atoms with E-state index in [1.807, 2.05) is 0 Å². The largest absolute Gasteiger partial charge is 0.480 e. The van der Waals surface area contributed by atoms with E-state index in [1.165, 1.54) is 101 Å². The highest BCUT2D eigenvalue weighted by atomic mass is 16.7. The average molecular weight is 2050 g/mol. The normalized spacial score (nSPS) is 19.9. The molecule has 0 aromatic carbocycles. The first-order valence-electron chi connectivity index (χ1n) is 49.8. The third kappa shape index (κ3) is 66.4. The van der Waals surface area contributed by atoms with Crippen molar-refractivity contribution in [2.75, 3.05) is 178 Å². The van der Waals surface area contributed by atoms with Crippen LogP contribution in [0, 0.1) is 0 Å². The maximum Gasteiger partial charge on any atom is 0.326 e. The van der Waals surface area contributed by atoms with Crippen molar-refractivity contribution < 1.29 is 196 Å². The maximum absolute atomic E-state index is 14.6. The van der Waals surface area contributed by atoms with E-state index >= 15 is 0 Å². The zero-order valence-corrected chi connectivity index (χ0v) is 85.1. The number of rotatable bonds is 84. The first-order chi connectivity index (χ1) is 68.7. The van der Waals surface area contributed by atoms with Crippen LogP contribution in [0.3, 0.4) is 0 Å². The summed E-state index contributed by atoms with van der Waals surface area (Å²) in [5.74, 6) is -10.6. The van der Waals surface area contributed by atoms with Crippen LogP contribution in [0.5, 0.6) is 0 Å². The highest BCUT2D eigenvalue weighted by molar-refractivity contribution is 5.93. The standard InChI is InChI=1S/C96H160N6O41/c1-11-12-13-14-15-16-17-18-19-20-21-22-23-24-25-35-84(112)97-36-31-28-34-77(96(118)119)102-95(117)76(33-27-30-38-99-86(114)64-127-49-46-121-40-43-124-52-55-130-89-58-79(136-70(6)107)92(139-73(9)110)82(142-89)61-133-67(3)104)101-94(116)75(100-87(115)65-128-50-47-122-41-44-125-53-56-131-90-59-80(137-71(7)108)93(140-74(10)111)83(143-90)62-134-68(4)105)32-26-29-37-98-85(113)63-126-48-45-120-39-42-123-51-54-129-88-57-78(135-69(5)106)91(138-72(8)109)81(141-88)60-132-66(2)103/h18-19,75-83,88-93H,11-17,20-65H2,1-10H3,(H,97,112)(H,98,113)(H,99,114)(H,100,115)(H,101,116)(H,102,117)(H,118,119). The van der Waals surface area contributed by atoms with E-state index in [1.54, 1.807) is 0 Å². The number of carbonyl (C=O) groups excluding carboxylic acids is 15. The van der Waals surface area contributed by atoms with Gasteiger partial charge < -0.3 is 151 Å². The predicted octanol–water partition coefficient (Wildman–Crippen LogP) is 4.25. The van der Waals surface area contributed by atoms with Crippen molar-refractivity contribution in [1.29, 1.82) is 0 Å². The molecule has 0 bridgehead atoms. The van der Waals surface area contributed by atoms with Gasteiger partial charge in [-0.1, -0.05) is 70.4 Å². The number of aliphatic carboxylic acids is 1. The molecule has 3 fully saturated rings. The molecule has 3 rings (SSSR count). The monoisotopic (exact) mass is 2050 g/mol. The fourth-order valence-corrected chi connectivity index (χ4v) is 14.8. The van der Waals surface area contributed by atoms with E-state index < -0.39 is 188 Å². The Morgan fingerprint density at radius 2 is 0.580 bits per heavy atom. The Kier molecular flexibility index (Phi) is 72.3. The van der Waals surface area contributed by atoms with Gasteiger partial charge in [0.1, 0.15) is 94.4 Å². The van der Waals surface area contributed by atoms with Crippen LogP contribution in [0.2, 0.25) is 0 Å². The van der Waals surface area contributed by atoms with Crippen molar-refractivity contribution in [3.63, 3.8) is 0 Å². The molecule has 3 aliphatic heterocycles. The number of amides is 6. The van der Waals surface area contributed by atoms with E-state index in [4.69, 9.17) is 114 Å². The molecule has 0 aromatic rings. The van der Waals surface area contributed by atoms with Crippen LogP contribution < -0.4 is 31.9 Å². The molecular formula is C96H160N6O41. The predicted molar refractivity (Wildman–Crippen MR) is 502 cm³/mol. The topological polar surface area (TPSA) is 587 Å². The third-order valence-corrected chi connectivity index (χ3v) is 21.5. The summed E-state index contributed by atoms with van der Waals surface area (Å²) in [4.78, 5) is 200. The van der Waals surface area contributed by atoms with Crippen LogP contribution in [0.25, 0.3) is 0 Å². The Labute approximate surface area is 837 Å². The Hall–Kier alpha value is -9.34. The lowest BCUT2D eigenvalue weighted by atomic mass is 10.0. The summed E-state index contributed by atoms with van der Waals surface area (Å²) in [6.45, 7) is 12.6. The zero-order valence-electron chi connectivity index (χ0n) is 85.1. The van der Waals surface area contributed by atoms with Crippen molar-refractivity contribution in [1.82, 2.24) is 31.9 Å². The number of allylic oxidation sites excluding steroid dienone is 2. The minimum Gasteiger partial charge on any atom is -0.480 e. The molecule has 47 nitrogen and oxygen atoms in total. The van der Waals surface area contributed by atoms with Crippen LogP contribution in [-0.2, 0) is 190 Å². The van der Waals surface area contributed by atoms with Gasteiger partial charge in [0.2, 0.25) is 35.4 Å². The molecule has 0 spiro atoms. The first kappa shape index (κ1) is 128. The molecule has 143 heavy (non-hydrogen) atoms. The molecule has 0 saturated carbocycles. The van der Waals surface area contributed by atoms with Gasteiger partial charge in [-0.25, -0.2) is 4.79 Å². The quantitative estimate of drug-likeness (QED) is 0.0194. The second-order valence-corrected chi connectivity index (χ2v) is 34.0. The first-order valence-corrected chi connectivity index (χ1v) is 49.8. The number of hydrogen-bond donors (Lipinski definition) is 7. The summed E-state index contributed by atoms with van der Waals surface area (Å²) in [6, 6.07) is -4.13. The molecule has 0 aliphatic carbocycles. The minimum atomic E-state index is -1.42. The van der Waals surface area contributed by atoms with Gasteiger partial charge in [-0.2, -0.15) is 0 Å². The van der Waals surface area contributed by atoms with Gasteiger partial charge in [0.15, 0.2) is 37.2 Å². The van der Waals surface area contributed by atoms with Crippen LogP contribution in [0.15, 0.2) is 12.2 Å². The number of unbranched alkanes of at least 4 members (excludes halogenated alkanes) is 14. The molecular weight excluding hydrogens is 1890 g/mol. The summed E-state index contributed by atoms with van der Waals surface area (Å²) in [5, 5.41) is 26.8. The molecule has 7 N–H and O–H groups in total. The van der Waals surface area contributed by atoms with E-state index in [0.29, 0.717) is 19.3 Å². The Balaban J connectivity index is 1.63. The molecule has 15 unspecified atom stereocenters. The Morgan fingerprint density at radius 1 is 0.301 bits per heavy atom. The number of carboxylic acids is 1. The second-order valence-electron chi connectivity index (χ2n) is 34.0. The van der Waals surface area contributed by atoms with Gasteiger partial charge in [0, 0.05) is 108 Å². The molecule has 47 heteroatoms. The second kappa shape index (κ2) is 80.8. The summed E-state index contributed by atoms with van der Waals surface area (Å²) in [6.07, 6.45) is 9.16. The van der Waals surface area contributed by atoms with Crippen molar-refractivity contribution in [2.24, 2.45) is 0 Å². The SMILES string of the molecule is CCCCCCCCC=CCCCCCCCC(=O)NCCCCC(NC(=O)C(CCCCNC(=O)COCCOCCOCCOC1CC(OC(C)=O)C(OC(C)=O)C(COC(C)=O)O1)NC(=O)C(CCCCNC(=O)COCCOCCOCCOC1CC(OC(C)=O)C(OC(C)=O)C(COC(C)=O)O1)NC(=O)COCCOCCOCCOC1CC(OC(C)=O)C(OC(C)=O)C(COC(C)=O)O1)C(=O)O. The van der Waals surface area contributed by atoms with E-state index in [-0.39, 0.29) is 242 Å². The smallest absolute Gasteiger partial charge is 0.326 e. The molecule has 3 saturated heterocycles. The van der Waals surface area contributed by atoms with E-state index in [9.17, 15) is 81.8 Å². The fourth-order valence-electron chi connectivity index (χ4n) is 14.8. The average Bonchev–Trinajstić information content (AvgIpc) is 0.825. The van der Waals surface area contributed by atoms with Gasteiger partial charge in [-0.15, -0.1) is 0 Å². The fraction of sp³-hybridized carbons (Fsp3) is 0.812. The lowest BCUT2D eigenvalue weighted by molar-refractivity contribution is -0.267. The molecule has 0 aromatic heterocycles. The zero-order chi connectivity index (χ0) is 105. The lowest BCUT2D eigenvalue weighted by Crippen LogP contribution is -2.56. The highest BCUT2D eigenvalue weighted by Crippen LogP contribution is 2.31. The van der Waals surface area contributed by atoms with Gasteiger partial charge in [-0.05, 0) is 89.9 Å². The summed E-state index contributed by atoms with van der Waals surface area (Å²) >= 11 is 0. The number of carbonyl (C=O) groups is 16. The molecule has 3 heterocycles. The van der Waals surface area contributed by atoms with Crippen LogP contribution >= 0.6 is 0 Å². The Bertz CT molecular complexity index is 3680. The number of hydrogen-bond acceptors (Lipinski definition) is 40. The van der Waals surface area contributed by atoms with Crippen molar-refractivity contribution in [3.05, 3.63) is 12.2 Å². The van der Waals surface area contributed by atoms with Gasteiger partial charge in [0.05, 0.1) is 119 Å². The van der Waals surface area contributed by atoms with Crippen LogP contribution in [0.1, 0.15) is 236 Å². The lowest BCUT2D eigenvalue weighted by Gasteiger charge is -2.39. The maximum atomic E-state index is 14.6. The van der Waals surface area contributed by atoms with Crippen LogP contribution in [0.4, 0.5) is 0 Å². The number of carboxylic acid groups (broad SMARTS) is 1. The molecule has 15 atom stereocenters. The summed E-state index contributed by atoms with van der Waals surface area (Å²) < 4.78 is 133. The van der Waals surface area contributed by atoms with Crippen molar-refractivity contribution in [3.8, 4) is 0 Å². The molecule has 6 amide bonds. The molecule has 820 valence electrons. The third-order valence-electron chi connectivity index (χ3n) is 21.5. The Morgan fingerprint density at radius 3 is 0.902 bits per heavy atom. The van der Waals surface area contributed by atoms with Crippen molar-refractivity contribution >= 4 is 95.1 Å². The minimum absolute atomic E-state index is 0.000339. The van der Waals surface area contributed by atoms with Gasteiger partial charge in [-0.3, -0.25) is 71.9 Å². The molecule has 3 aliphatic rings. The van der Waals surface area contributed by atoms with Gasteiger partial charge >= 0.3 is 59.7 Å². The summed E-state index contributed by atoms with van der Waals surface area (Å²) in [7, 11) is 0. The van der Waals surface area contributed by atoms with Crippen LogP contribution in [-0.4, -0.2) is 370 Å². The van der Waals surface area contributed by atoms with E-state index in [0.717, 1.165) is 44.9 Å². The highest BCUT2D eigenvalue weighted by Gasteiger charge is 2.47. The van der Waals surface area contributed by atoms with E-state index in [2.05, 4.69) is 51.0 Å².